The lowest BCUT2D eigenvalue weighted by atomic mass is 9.88. The number of hydrogen-bond donors (Lipinski definition) is 4. The van der Waals surface area contributed by atoms with E-state index in [-0.39, 0.29) is 0 Å². The fraction of sp³-hybridized carbons (Fsp3) is 0.471. The minimum atomic E-state index is -5.08. The Morgan fingerprint density at radius 3 is 2.11 bits per heavy atom. The van der Waals surface area contributed by atoms with Crippen molar-refractivity contribution in [1.29, 1.82) is 0 Å². The maximum Gasteiger partial charge on any atom is 0.490 e. The van der Waals surface area contributed by atoms with Gasteiger partial charge in [-0.3, -0.25) is 9.69 Å². The van der Waals surface area contributed by atoms with Crippen molar-refractivity contribution < 1.29 is 37.8 Å². The van der Waals surface area contributed by atoms with Crippen LogP contribution in [0.2, 0.25) is 0 Å². The molecular weight excluding hydrogens is 401 g/mol. The van der Waals surface area contributed by atoms with Crippen LogP contribution >= 0.6 is 12.6 Å². The van der Waals surface area contributed by atoms with Crippen molar-refractivity contribution in [3.63, 3.8) is 0 Å². The fourth-order valence-corrected chi connectivity index (χ4v) is 3.14. The molecule has 1 aliphatic heterocycles. The molecule has 11 heteroatoms. The number of alkyl halides is 3. The van der Waals surface area contributed by atoms with Gasteiger partial charge in [-0.05, 0) is 31.5 Å². The van der Waals surface area contributed by atoms with Gasteiger partial charge in [0.15, 0.2) is 0 Å². The maximum atomic E-state index is 11.3. The van der Waals surface area contributed by atoms with Gasteiger partial charge in [0, 0.05) is 11.3 Å². The summed E-state index contributed by atoms with van der Waals surface area (Å²) in [6, 6.07) is 9.22. The highest BCUT2D eigenvalue weighted by Crippen LogP contribution is 2.33. The van der Waals surface area contributed by atoms with Crippen molar-refractivity contribution >= 4 is 31.0 Å². The molecule has 2 rings (SSSR count). The van der Waals surface area contributed by atoms with E-state index in [1.807, 2.05) is 18.2 Å². The smallest absolute Gasteiger partial charge is 0.480 e. The zero-order valence-corrected chi connectivity index (χ0v) is 15.6. The second-order valence-corrected chi connectivity index (χ2v) is 7.11. The van der Waals surface area contributed by atoms with Gasteiger partial charge in [-0.2, -0.15) is 25.8 Å². The van der Waals surface area contributed by atoms with Crippen LogP contribution < -0.4 is 5.32 Å². The summed E-state index contributed by atoms with van der Waals surface area (Å²) in [5.41, 5.74) is 1.24. The van der Waals surface area contributed by atoms with Crippen molar-refractivity contribution in [3.05, 3.63) is 35.9 Å². The number of carboxylic acid groups (broad SMARTS) is 2. The number of rotatable bonds is 6. The quantitative estimate of drug-likeness (QED) is 0.411. The molecule has 0 aromatic heterocycles. The summed E-state index contributed by atoms with van der Waals surface area (Å²) in [7, 11) is 0. The number of benzene rings is 1. The second-order valence-electron chi connectivity index (χ2n) is 6.22. The Morgan fingerprint density at radius 2 is 1.71 bits per heavy atom. The Labute approximate surface area is 164 Å². The van der Waals surface area contributed by atoms with E-state index in [1.165, 1.54) is 5.56 Å². The molecule has 7 nitrogen and oxygen atoms in total. The van der Waals surface area contributed by atoms with Gasteiger partial charge in [0.25, 0.3) is 0 Å². The SMILES string of the molecule is O=C(O)C(F)(F)F.O=CNC(C(=O)O)C1(S)CCN(Cc2ccccc2)CC1. The third-order valence-corrected chi connectivity index (χ3v) is 4.94. The van der Waals surface area contributed by atoms with Crippen molar-refractivity contribution in [2.45, 2.75) is 36.4 Å². The predicted octanol–water partition coefficient (Wildman–Crippen LogP) is 1.78. The monoisotopic (exact) mass is 422 g/mol. The molecule has 0 spiro atoms. The topological polar surface area (TPSA) is 107 Å². The van der Waals surface area contributed by atoms with Crippen molar-refractivity contribution in [2.24, 2.45) is 0 Å². The minimum Gasteiger partial charge on any atom is -0.480 e. The molecule has 28 heavy (non-hydrogen) atoms. The number of thiol groups is 1. The van der Waals surface area contributed by atoms with E-state index < -0.39 is 28.9 Å². The van der Waals surface area contributed by atoms with Crippen LogP contribution in [-0.4, -0.2) is 63.5 Å². The van der Waals surface area contributed by atoms with Crippen molar-refractivity contribution in [2.75, 3.05) is 13.1 Å². The summed E-state index contributed by atoms with van der Waals surface area (Å²) in [5, 5.41) is 18.7. The van der Waals surface area contributed by atoms with Crippen LogP contribution in [-0.2, 0) is 20.9 Å². The number of carbonyl (C=O) groups excluding carboxylic acids is 1. The number of carboxylic acids is 2. The van der Waals surface area contributed by atoms with Gasteiger partial charge in [-0.25, -0.2) is 9.59 Å². The largest absolute Gasteiger partial charge is 0.490 e. The number of amides is 1. The summed E-state index contributed by atoms with van der Waals surface area (Å²) >= 11 is 4.56. The number of likely N-dealkylation sites (tertiary alicyclic amines) is 1. The summed E-state index contributed by atoms with van der Waals surface area (Å²) in [4.78, 5) is 33.1. The molecule has 1 aromatic carbocycles. The molecule has 1 fully saturated rings. The summed E-state index contributed by atoms with van der Waals surface area (Å²) in [6.07, 6.45) is -3.39. The minimum absolute atomic E-state index is 0.438. The lowest BCUT2D eigenvalue weighted by Gasteiger charge is -2.41. The van der Waals surface area contributed by atoms with Gasteiger partial charge in [-0.1, -0.05) is 30.3 Å². The zero-order chi connectivity index (χ0) is 21.4. The Balaban J connectivity index is 0.000000480. The van der Waals surface area contributed by atoms with E-state index in [2.05, 4.69) is 35.0 Å². The molecule has 1 amide bonds. The fourth-order valence-electron chi connectivity index (χ4n) is 2.75. The number of nitrogens with one attached hydrogen (secondary N) is 1. The Hall–Kier alpha value is -2.27. The van der Waals surface area contributed by atoms with Gasteiger partial charge in [-0.15, -0.1) is 0 Å². The molecule has 0 saturated carbocycles. The molecule has 0 radical (unpaired) electrons. The average molecular weight is 422 g/mol. The van der Waals surface area contributed by atoms with Gasteiger partial charge in [0.1, 0.15) is 6.04 Å². The molecule has 0 bridgehead atoms. The highest BCUT2D eigenvalue weighted by Gasteiger charge is 2.42. The van der Waals surface area contributed by atoms with Crippen LogP contribution in [0.4, 0.5) is 13.2 Å². The first kappa shape index (κ1) is 23.8. The first-order chi connectivity index (χ1) is 13.0. The maximum absolute atomic E-state index is 11.3. The number of nitrogens with zero attached hydrogens (tertiary/aromatic N) is 1. The first-order valence-corrected chi connectivity index (χ1v) is 8.65. The molecular formula is C17H21F3N2O5S. The molecule has 1 unspecified atom stereocenters. The van der Waals surface area contributed by atoms with Crippen LogP contribution in [0, 0.1) is 0 Å². The van der Waals surface area contributed by atoms with Crippen LogP contribution in [0.1, 0.15) is 18.4 Å². The van der Waals surface area contributed by atoms with E-state index in [4.69, 9.17) is 9.90 Å². The molecule has 1 atom stereocenters. The zero-order valence-electron chi connectivity index (χ0n) is 14.7. The Morgan fingerprint density at radius 1 is 1.21 bits per heavy atom. The molecule has 1 aliphatic rings. The number of carbonyl (C=O) groups is 3. The third kappa shape index (κ3) is 7.39. The van der Waals surface area contributed by atoms with Crippen LogP contribution in [0.3, 0.4) is 0 Å². The van der Waals surface area contributed by atoms with Crippen LogP contribution in [0.15, 0.2) is 30.3 Å². The number of halogens is 3. The second kappa shape index (κ2) is 10.3. The lowest BCUT2D eigenvalue weighted by molar-refractivity contribution is -0.192. The lowest BCUT2D eigenvalue weighted by Crippen LogP contribution is -2.56. The average Bonchev–Trinajstić information content (AvgIpc) is 2.62. The van der Waals surface area contributed by atoms with Gasteiger partial charge >= 0.3 is 18.1 Å². The van der Waals surface area contributed by atoms with Crippen LogP contribution in [0.25, 0.3) is 0 Å². The number of piperidine rings is 1. The molecule has 1 heterocycles. The van der Waals surface area contributed by atoms with Crippen LogP contribution in [0.5, 0.6) is 0 Å². The van der Waals surface area contributed by atoms with E-state index in [1.54, 1.807) is 0 Å². The number of aliphatic carboxylic acids is 2. The van der Waals surface area contributed by atoms with E-state index in [0.717, 1.165) is 19.6 Å². The molecule has 1 aromatic rings. The molecule has 0 aliphatic carbocycles. The summed E-state index contributed by atoms with van der Waals surface area (Å²) in [5.74, 6) is -3.79. The van der Waals surface area contributed by atoms with Gasteiger partial charge < -0.3 is 15.5 Å². The van der Waals surface area contributed by atoms with Crippen molar-refractivity contribution in [3.8, 4) is 0 Å². The Kier molecular flexibility index (Phi) is 8.76. The number of hydrogen-bond acceptors (Lipinski definition) is 5. The highest BCUT2D eigenvalue weighted by atomic mass is 32.1. The van der Waals surface area contributed by atoms with Gasteiger partial charge in [0.05, 0.1) is 0 Å². The molecule has 156 valence electrons. The van der Waals surface area contributed by atoms with Gasteiger partial charge in [0.2, 0.25) is 6.41 Å². The standard InChI is InChI=1S/C15H20N2O3S.C2HF3O2/c18-11-16-13(14(19)20)15(21)6-8-17(9-7-15)10-12-4-2-1-3-5-12;3-2(4,5)1(6)7/h1-5,11,13,21H,6-10H2,(H,16,18)(H,19,20);(H,6,7). The van der Waals surface area contributed by atoms with E-state index in [0.29, 0.717) is 19.3 Å². The van der Waals surface area contributed by atoms with Crippen molar-refractivity contribution in [1.82, 2.24) is 10.2 Å². The first-order valence-electron chi connectivity index (χ1n) is 8.21. The Bertz CT molecular complexity index is 665. The summed E-state index contributed by atoms with van der Waals surface area (Å²) in [6.45, 7) is 2.38. The summed E-state index contributed by atoms with van der Waals surface area (Å²) < 4.78 is 31.0. The van der Waals surface area contributed by atoms with E-state index in [9.17, 15) is 27.9 Å². The normalized spacial score (nSPS) is 17.6. The third-order valence-electron chi connectivity index (χ3n) is 4.23. The highest BCUT2D eigenvalue weighted by molar-refractivity contribution is 7.82. The molecule has 1 saturated heterocycles. The molecule has 3 N–H and O–H groups in total. The predicted molar refractivity (Wildman–Crippen MR) is 97.0 cm³/mol. The van der Waals surface area contributed by atoms with E-state index >= 15 is 0 Å².